The average Bonchev–Trinajstić information content (AvgIpc) is 3.06. The largest absolute Gasteiger partial charge is 0.461 e. The molecular weight excluding hydrogens is 260 g/mol. The van der Waals surface area contributed by atoms with E-state index in [9.17, 15) is 4.79 Å². The van der Waals surface area contributed by atoms with Crippen LogP contribution in [-0.4, -0.2) is 12.1 Å². The molecule has 0 aromatic heterocycles. The van der Waals surface area contributed by atoms with Gasteiger partial charge in [-0.1, -0.05) is 12.2 Å². The number of carbonyl (C=O) groups is 1. The molecule has 114 valence electrons. The SMILES string of the molecule is CC1(C(=O)OC2CC3C=CC2C3)C2CC3CC(C2)CC1C3. The summed E-state index contributed by atoms with van der Waals surface area (Å²) in [5.41, 5.74) is -0.168. The summed E-state index contributed by atoms with van der Waals surface area (Å²) in [6, 6.07) is 0. The fourth-order valence-corrected chi connectivity index (χ4v) is 6.63. The second kappa shape index (κ2) is 4.14. The third kappa shape index (κ3) is 1.68. The standard InChI is InChI=1S/C19H26O2/c1-19(15-6-12-4-13(8-15)9-16(19)7-12)18(20)21-17-10-11-2-3-14(17)5-11/h2-3,11-17H,4-10H2,1H3. The Bertz CT molecular complexity index is 478. The van der Waals surface area contributed by atoms with Crippen LogP contribution in [0.5, 0.6) is 0 Å². The predicted molar refractivity (Wildman–Crippen MR) is 80.4 cm³/mol. The van der Waals surface area contributed by atoms with E-state index in [4.69, 9.17) is 4.74 Å². The number of allylic oxidation sites excluding steroid dienone is 1. The highest BCUT2D eigenvalue weighted by Crippen LogP contribution is 2.62. The zero-order chi connectivity index (χ0) is 14.2. The van der Waals surface area contributed by atoms with Crippen molar-refractivity contribution >= 4 is 5.97 Å². The molecule has 6 aliphatic rings. The molecule has 6 bridgehead atoms. The second-order valence-electron chi connectivity index (χ2n) is 8.81. The molecule has 0 heterocycles. The summed E-state index contributed by atoms with van der Waals surface area (Å²) in [7, 11) is 0. The van der Waals surface area contributed by atoms with Crippen LogP contribution in [0.4, 0.5) is 0 Å². The second-order valence-corrected chi connectivity index (χ2v) is 8.81. The Balaban J connectivity index is 1.36. The maximum Gasteiger partial charge on any atom is 0.312 e. The molecule has 21 heavy (non-hydrogen) atoms. The van der Waals surface area contributed by atoms with Crippen LogP contribution in [0.2, 0.25) is 0 Å². The third-order valence-electron chi connectivity index (χ3n) is 7.75. The molecule has 0 aromatic rings. The Morgan fingerprint density at radius 1 is 0.952 bits per heavy atom. The molecule has 6 aliphatic carbocycles. The van der Waals surface area contributed by atoms with E-state index >= 15 is 0 Å². The van der Waals surface area contributed by atoms with E-state index in [1.807, 2.05) is 0 Å². The molecule has 0 N–H and O–H groups in total. The first kappa shape index (κ1) is 12.7. The van der Waals surface area contributed by atoms with Crippen molar-refractivity contribution in [2.45, 2.75) is 58.0 Å². The molecule has 2 heteroatoms. The maximum absolute atomic E-state index is 13.0. The van der Waals surface area contributed by atoms with E-state index in [1.165, 1.54) is 38.5 Å². The Kier molecular flexibility index (Phi) is 2.51. The molecule has 6 rings (SSSR count). The van der Waals surface area contributed by atoms with Crippen LogP contribution < -0.4 is 0 Å². The van der Waals surface area contributed by atoms with E-state index in [0.29, 0.717) is 23.7 Å². The first-order valence-corrected chi connectivity index (χ1v) is 9.02. The van der Waals surface area contributed by atoms with Crippen LogP contribution in [0.1, 0.15) is 51.9 Å². The third-order valence-corrected chi connectivity index (χ3v) is 7.75. The van der Waals surface area contributed by atoms with Gasteiger partial charge in [-0.2, -0.15) is 0 Å². The summed E-state index contributed by atoms with van der Waals surface area (Å²) in [6.45, 7) is 2.24. The summed E-state index contributed by atoms with van der Waals surface area (Å²) in [4.78, 5) is 13.0. The van der Waals surface area contributed by atoms with E-state index in [0.717, 1.165) is 18.3 Å². The van der Waals surface area contributed by atoms with Gasteiger partial charge in [-0.05, 0) is 81.5 Å². The minimum Gasteiger partial charge on any atom is -0.461 e. The van der Waals surface area contributed by atoms with Gasteiger partial charge in [-0.25, -0.2) is 0 Å². The van der Waals surface area contributed by atoms with E-state index in [-0.39, 0.29) is 17.5 Å². The van der Waals surface area contributed by atoms with Crippen molar-refractivity contribution in [2.75, 3.05) is 0 Å². The van der Waals surface area contributed by atoms with Crippen LogP contribution in [0.25, 0.3) is 0 Å². The molecule has 5 saturated carbocycles. The zero-order valence-electron chi connectivity index (χ0n) is 13.0. The van der Waals surface area contributed by atoms with Crippen molar-refractivity contribution in [3.05, 3.63) is 12.2 Å². The van der Waals surface area contributed by atoms with Gasteiger partial charge >= 0.3 is 5.97 Å². The fourth-order valence-electron chi connectivity index (χ4n) is 6.63. The van der Waals surface area contributed by atoms with Gasteiger partial charge in [-0.3, -0.25) is 4.79 Å². The van der Waals surface area contributed by atoms with Crippen LogP contribution in [0, 0.1) is 40.9 Å². The lowest BCUT2D eigenvalue weighted by Gasteiger charge is -2.58. The molecule has 0 radical (unpaired) electrons. The van der Waals surface area contributed by atoms with Crippen molar-refractivity contribution in [1.29, 1.82) is 0 Å². The Morgan fingerprint density at radius 3 is 2.14 bits per heavy atom. The first-order chi connectivity index (χ1) is 10.1. The van der Waals surface area contributed by atoms with E-state index < -0.39 is 0 Å². The highest BCUT2D eigenvalue weighted by atomic mass is 16.5. The Labute approximate surface area is 127 Å². The summed E-state index contributed by atoms with van der Waals surface area (Å²) in [6.07, 6.45) is 13.7. The molecule has 0 saturated heterocycles. The van der Waals surface area contributed by atoms with Gasteiger partial charge in [0.1, 0.15) is 6.10 Å². The lowest BCUT2D eigenvalue weighted by atomic mass is 9.46. The normalized spacial score (nSPS) is 56.1. The van der Waals surface area contributed by atoms with Gasteiger partial charge in [0.25, 0.3) is 0 Å². The van der Waals surface area contributed by atoms with Gasteiger partial charge in [0.05, 0.1) is 5.41 Å². The highest BCUT2D eigenvalue weighted by molar-refractivity contribution is 5.78. The Morgan fingerprint density at radius 2 is 1.62 bits per heavy atom. The number of hydrogen-bond acceptors (Lipinski definition) is 2. The average molecular weight is 286 g/mol. The van der Waals surface area contributed by atoms with E-state index in [1.54, 1.807) is 0 Å². The number of esters is 1. The van der Waals surface area contributed by atoms with Gasteiger partial charge in [0.2, 0.25) is 0 Å². The first-order valence-electron chi connectivity index (χ1n) is 9.02. The number of ether oxygens (including phenoxy) is 1. The summed E-state index contributed by atoms with van der Waals surface area (Å²) >= 11 is 0. The molecule has 3 atom stereocenters. The molecule has 0 spiro atoms. The molecule has 0 aliphatic heterocycles. The van der Waals surface area contributed by atoms with Crippen LogP contribution in [-0.2, 0) is 9.53 Å². The summed E-state index contributed by atoms with van der Waals surface area (Å²) in [5, 5.41) is 0. The number of hydrogen-bond donors (Lipinski definition) is 0. The minimum absolute atomic E-state index is 0.155. The number of fused-ring (bicyclic) bond motifs is 2. The maximum atomic E-state index is 13.0. The molecular formula is C19H26O2. The van der Waals surface area contributed by atoms with Crippen molar-refractivity contribution in [3.63, 3.8) is 0 Å². The van der Waals surface area contributed by atoms with Crippen molar-refractivity contribution in [3.8, 4) is 0 Å². The molecule has 2 nitrogen and oxygen atoms in total. The lowest BCUT2D eigenvalue weighted by Crippen LogP contribution is -2.56. The van der Waals surface area contributed by atoms with Gasteiger partial charge < -0.3 is 4.74 Å². The highest BCUT2D eigenvalue weighted by Gasteiger charge is 2.59. The van der Waals surface area contributed by atoms with Crippen LogP contribution in [0.15, 0.2) is 12.2 Å². The quantitative estimate of drug-likeness (QED) is 0.567. The summed E-state index contributed by atoms with van der Waals surface area (Å²) in [5.74, 6) is 4.39. The van der Waals surface area contributed by atoms with Gasteiger partial charge in [0.15, 0.2) is 0 Å². The fraction of sp³-hybridized carbons (Fsp3) is 0.842. The van der Waals surface area contributed by atoms with Gasteiger partial charge in [-0.15, -0.1) is 0 Å². The monoisotopic (exact) mass is 286 g/mol. The molecule has 3 unspecified atom stereocenters. The van der Waals surface area contributed by atoms with Crippen LogP contribution >= 0.6 is 0 Å². The topological polar surface area (TPSA) is 26.3 Å². The van der Waals surface area contributed by atoms with Crippen molar-refractivity contribution in [2.24, 2.45) is 40.9 Å². The van der Waals surface area contributed by atoms with Gasteiger partial charge in [0, 0.05) is 5.92 Å². The number of carbonyl (C=O) groups excluding carboxylic acids is 1. The Hall–Kier alpha value is -0.790. The molecule has 0 aromatic carbocycles. The predicted octanol–water partition coefficient (Wildman–Crippen LogP) is 3.96. The lowest BCUT2D eigenvalue weighted by molar-refractivity contribution is -0.186. The zero-order valence-corrected chi connectivity index (χ0v) is 13.0. The molecule has 0 amide bonds. The smallest absolute Gasteiger partial charge is 0.312 e. The summed E-state index contributed by atoms with van der Waals surface area (Å²) < 4.78 is 6.08. The van der Waals surface area contributed by atoms with Crippen molar-refractivity contribution < 1.29 is 9.53 Å². The molecule has 5 fully saturated rings. The van der Waals surface area contributed by atoms with E-state index in [2.05, 4.69) is 19.1 Å². The number of rotatable bonds is 2. The van der Waals surface area contributed by atoms with Crippen LogP contribution in [0.3, 0.4) is 0 Å². The minimum atomic E-state index is -0.168. The van der Waals surface area contributed by atoms with Crippen molar-refractivity contribution in [1.82, 2.24) is 0 Å².